The average Bonchev–Trinajstić information content (AvgIpc) is 2.60. The lowest BCUT2D eigenvalue weighted by Gasteiger charge is -2.18. The highest BCUT2D eigenvalue weighted by atomic mass is 16.5. The molecule has 0 radical (unpaired) electrons. The zero-order valence-corrected chi connectivity index (χ0v) is 10.1. The second-order valence-electron chi connectivity index (χ2n) is 4.93. The topological polar surface area (TPSA) is 58.9 Å². The Morgan fingerprint density at radius 3 is 2.94 bits per heavy atom. The molecule has 0 aliphatic carbocycles. The van der Waals surface area contributed by atoms with E-state index in [0.717, 1.165) is 17.7 Å². The van der Waals surface area contributed by atoms with Gasteiger partial charge in [0.1, 0.15) is 18.3 Å². The first-order valence-electron chi connectivity index (χ1n) is 5.74. The Labute approximate surface area is 101 Å². The third kappa shape index (κ3) is 2.70. The van der Waals surface area contributed by atoms with Gasteiger partial charge in [0.05, 0.1) is 6.61 Å². The van der Waals surface area contributed by atoms with Crippen LogP contribution in [0.4, 0.5) is 0 Å². The molecule has 0 bridgehead atoms. The SMILES string of the molecule is CC1(C)Cc2cccc(OCC(O)CO)c2O1. The summed E-state index contributed by atoms with van der Waals surface area (Å²) in [5, 5.41) is 18.0. The first-order valence-corrected chi connectivity index (χ1v) is 5.74. The van der Waals surface area contributed by atoms with Gasteiger partial charge in [-0.1, -0.05) is 12.1 Å². The molecule has 1 aromatic carbocycles. The Bertz CT molecular complexity index is 400. The number of ether oxygens (including phenoxy) is 2. The Balaban J connectivity index is 2.13. The van der Waals surface area contributed by atoms with Gasteiger partial charge >= 0.3 is 0 Å². The van der Waals surface area contributed by atoms with Crippen molar-refractivity contribution in [2.24, 2.45) is 0 Å². The number of aliphatic hydroxyl groups is 2. The van der Waals surface area contributed by atoms with Crippen LogP contribution in [0.2, 0.25) is 0 Å². The molecule has 0 spiro atoms. The van der Waals surface area contributed by atoms with Crippen LogP contribution in [0.5, 0.6) is 11.5 Å². The van der Waals surface area contributed by atoms with Gasteiger partial charge in [-0.2, -0.15) is 0 Å². The van der Waals surface area contributed by atoms with Crippen molar-refractivity contribution >= 4 is 0 Å². The number of benzene rings is 1. The molecular weight excluding hydrogens is 220 g/mol. The lowest BCUT2D eigenvalue weighted by molar-refractivity contribution is 0.0510. The van der Waals surface area contributed by atoms with Gasteiger partial charge in [-0.25, -0.2) is 0 Å². The predicted molar refractivity (Wildman–Crippen MR) is 63.4 cm³/mol. The van der Waals surface area contributed by atoms with Crippen molar-refractivity contribution in [1.29, 1.82) is 0 Å². The van der Waals surface area contributed by atoms with Crippen LogP contribution in [0.3, 0.4) is 0 Å². The monoisotopic (exact) mass is 238 g/mol. The largest absolute Gasteiger partial charge is 0.487 e. The highest BCUT2D eigenvalue weighted by Crippen LogP contribution is 2.41. The van der Waals surface area contributed by atoms with Gasteiger partial charge in [0.15, 0.2) is 11.5 Å². The Morgan fingerprint density at radius 1 is 1.47 bits per heavy atom. The van der Waals surface area contributed by atoms with E-state index in [-0.39, 0.29) is 18.8 Å². The molecule has 2 rings (SSSR count). The van der Waals surface area contributed by atoms with Crippen molar-refractivity contribution in [2.45, 2.75) is 32.0 Å². The number of aliphatic hydroxyl groups excluding tert-OH is 2. The maximum absolute atomic E-state index is 9.25. The minimum Gasteiger partial charge on any atom is -0.487 e. The summed E-state index contributed by atoms with van der Waals surface area (Å²) in [6.45, 7) is 3.82. The van der Waals surface area contributed by atoms with Crippen molar-refractivity contribution in [1.82, 2.24) is 0 Å². The summed E-state index contributed by atoms with van der Waals surface area (Å²) in [6.07, 6.45) is -0.0116. The van der Waals surface area contributed by atoms with Gasteiger partial charge in [-0.05, 0) is 19.9 Å². The lowest BCUT2D eigenvalue weighted by Crippen LogP contribution is -2.25. The summed E-state index contributed by atoms with van der Waals surface area (Å²) < 4.78 is 11.3. The number of hydrogen-bond donors (Lipinski definition) is 2. The molecule has 1 atom stereocenters. The molecule has 4 nitrogen and oxygen atoms in total. The highest BCUT2D eigenvalue weighted by molar-refractivity contribution is 5.50. The summed E-state index contributed by atoms with van der Waals surface area (Å²) >= 11 is 0. The van der Waals surface area contributed by atoms with Crippen LogP contribution in [0.25, 0.3) is 0 Å². The van der Waals surface area contributed by atoms with Gasteiger partial charge in [0.2, 0.25) is 0 Å². The molecule has 94 valence electrons. The van der Waals surface area contributed by atoms with Gasteiger partial charge in [-0.15, -0.1) is 0 Å². The summed E-state index contributed by atoms with van der Waals surface area (Å²) in [4.78, 5) is 0. The van der Waals surface area contributed by atoms with Gasteiger partial charge in [0, 0.05) is 12.0 Å². The molecule has 1 aliphatic heterocycles. The van der Waals surface area contributed by atoms with Crippen molar-refractivity contribution in [3.63, 3.8) is 0 Å². The average molecular weight is 238 g/mol. The highest BCUT2D eigenvalue weighted by Gasteiger charge is 2.32. The van der Waals surface area contributed by atoms with Crippen molar-refractivity contribution in [2.75, 3.05) is 13.2 Å². The van der Waals surface area contributed by atoms with E-state index in [1.54, 1.807) is 0 Å². The molecule has 0 saturated heterocycles. The van der Waals surface area contributed by atoms with Gasteiger partial charge in [0.25, 0.3) is 0 Å². The van der Waals surface area contributed by atoms with E-state index in [9.17, 15) is 5.11 Å². The molecule has 2 N–H and O–H groups in total. The van der Waals surface area contributed by atoms with Crippen LogP contribution in [-0.2, 0) is 6.42 Å². The molecule has 1 unspecified atom stereocenters. The number of rotatable bonds is 4. The summed E-state index contributed by atoms with van der Waals surface area (Å²) in [7, 11) is 0. The predicted octanol–water partition coefficient (Wildman–Crippen LogP) is 1.13. The van der Waals surface area contributed by atoms with E-state index in [1.165, 1.54) is 0 Å². The second kappa shape index (κ2) is 4.55. The minimum atomic E-state index is -0.861. The molecule has 1 aromatic rings. The first kappa shape index (κ1) is 12.2. The maximum atomic E-state index is 9.25. The maximum Gasteiger partial charge on any atom is 0.165 e. The summed E-state index contributed by atoms with van der Waals surface area (Å²) in [5.74, 6) is 1.38. The fourth-order valence-electron chi connectivity index (χ4n) is 1.94. The van der Waals surface area contributed by atoms with Crippen molar-refractivity contribution in [3.8, 4) is 11.5 Å². The van der Waals surface area contributed by atoms with Gasteiger partial charge < -0.3 is 19.7 Å². The van der Waals surface area contributed by atoms with Crippen LogP contribution in [0.15, 0.2) is 18.2 Å². The minimum absolute atomic E-state index is 0.0662. The zero-order valence-electron chi connectivity index (χ0n) is 10.1. The zero-order chi connectivity index (χ0) is 12.5. The van der Waals surface area contributed by atoms with Crippen LogP contribution < -0.4 is 9.47 Å². The normalized spacial score (nSPS) is 18.4. The number of hydrogen-bond acceptors (Lipinski definition) is 4. The Hall–Kier alpha value is -1.26. The smallest absolute Gasteiger partial charge is 0.165 e. The lowest BCUT2D eigenvalue weighted by atomic mass is 10.0. The molecule has 17 heavy (non-hydrogen) atoms. The molecule has 1 aliphatic rings. The van der Waals surface area contributed by atoms with E-state index >= 15 is 0 Å². The van der Waals surface area contributed by atoms with E-state index in [1.807, 2.05) is 32.0 Å². The fourth-order valence-corrected chi connectivity index (χ4v) is 1.94. The number of para-hydroxylation sites is 1. The summed E-state index contributed by atoms with van der Waals surface area (Å²) in [6, 6.07) is 5.73. The van der Waals surface area contributed by atoms with E-state index < -0.39 is 6.10 Å². The summed E-state index contributed by atoms with van der Waals surface area (Å²) in [5.41, 5.74) is 0.906. The van der Waals surface area contributed by atoms with Crippen LogP contribution in [-0.4, -0.2) is 35.1 Å². The van der Waals surface area contributed by atoms with Crippen LogP contribution >= 0.6 is 0 Å². The molecule has 1 heterocycles. The molecular formula is C13H18O4. The fraction of sp³-hybridized carbons (Fsp3) is 0.538. The van der Waals surface area contributed by atoms with Crippen molar-refractivity contribution < 1.29 is 19.7 Å². The first-order chi connectivity index (χ1) is 8.02. The second-order valence-corrected chi connectivity index (χ2v) is 4.93. The van der Waals surface area contributed by atoms with E-state index in [4.69, 9.17) is 14.6 Å². The van der Waals surface area contributed by atoms with Crippen LogP contribution in [0.1, 0.15) is 19.4 Å². The quantitative estimate of drug-likeness (QED) is 0.825. The Morgan fingerprint density at radius 2 is 2.24 bits per heavy atom. The standard InChI is InChI=1S/C13H18O4/c1-13(2)6-9-4-3-5-11(12(9)17-13)16-8-10(15)7-14/h3-5,10,14-15H,6-8H2,1-2H3. The third-order valence-electron chi connectivity index (χ3n) is 2.70. The van der Waals surface area contributed by atoms with Gasteiger partial charge in [-0.3, -0.25) is 0 Å². The molecule has 4 heteroatoms. The number of fused-ring (bicyclic) bond motifs is 1. The Kier molecular flexibility index (Phi) is 3.26. The van der Waals surface area contributed by atoms with Crippen LogP contribution in [0, 0.1) is 0 Å². The molecule has 0 fully saturated rings. The van der Waals surface area contributed by atoms with Crippen molar-refractivity contribution in [3.05, 3.63) is 23.8 Å². The third-order valence-corrected chi connectivity index (χ3v) is 2.70. The molecule has 0 amide bonds. The van der Waals surface area contributed by atoms with E-state index in [2.05, 4.69) is 0 Å². The molecule has 0 saturated carbocycles. The van der Waals surface area contributed by atoms with E-state index in [0.29, 0.717) is 5.75 Å². The molecule has 0 aromatic heterocycles.